The lowest BCUT2D eigenvalue weighted by Gasteiger charge is -2.34. The second-order valence-electron chi connectivity index (χ2n) is 6.04. The molecule has 0 spiro atoms. The highest BCUT2D eigenvalue weighted by molar-refractivity contribution is 14.0. The van der Waals surface area contributed by atoms with Gasteiger partial charge in [0.1, 0.15) is 11.6 Å². The molecular formula is C18H26F2IN3O2. The molecule has 1 aliphatic heterocycles. The summed E-state index contributed by atoms with van der Waals surface area (Å²) in [5, 5.41) is 3.20. The summed E-state index contributed by atoms with van der Waals surface area (Å²) in [6, 6.07) is 3.51. The molecule has 0 saturated carbocycles. The monoisotopic (exact) mass is 481 g/mol. The standard InChI is InChI=1S/C18H25F2N3O2.HI/c1-3-25-17(24)14-5-4-8-23(12-14)18(21-2)22-7-6-13-9-15(19)11-16(20)10-13;/h9-11,14H,3-8,12H2,1-2H3,(H,21,22);1H. The number of likely N-dealkylation sites (tertiary alicyclic amines) is 1. The number of carbonyl (C=O) groups is 1. The second kappa shape index (κ2) is 11.3. The van der Waals surface area contributed by atoms with E-state index in [1.54, 1.807) is 14.0 Å². The maximum atomic E-state index is 13.2. The number of hydrogen-bond acceptors (Lipinski definition) is 3. The van der Waals surface area contributed by atoms with Crippen molar-refractivity contribution in [2.24, 2.45) is 10.9 Å². The van der Waals surface area contributed by atoms with Gasteiger partial charge in [-0.2, -0.15) is 0 Å². The minimum atomic E-state index is -0.576. The lowest BCUT2D eigenvalue weighted by Crippen LogP contribution is -2.48. The summed E-state index contributed by atoms with van der Waals surface area (Å²) in [6.07, 6.45) is 2.18. The fourth-order valence-electron chi connectivity index (χ4n) is 3.03. The van der Waals surface area contributed by atoms with Crippen LogP contribution in [0.25, 0.3) is 0 Å². The number of aliphatic imine (C=N–C) groups is 1. The smallest absolute Gasteiger partial charge is 0.310 e. The fraction of sp³-hybridized carbons (Fsp3) is 0.556. The Kier molecular flexibility index (Phi) is 9.82. The Hall–Kier alpha value is -1.45. The summed E-state index contributed by atoms with van der Waals surface area (Å²) in [6.45, 7) is 4.05. The number of guanidine groups is 1. The Balaban J connectivity index is 0.00000338. The normalized spacial score (nSPS) is 17.5. The van der Waals surface area contributed by atoms with Crippen LogP contribution >= 0.6 is 24.0 Å². The van der Waals surface area contributed by atoms with Gasteiger partial charge in [0.2, 0.25) is 0 Å². The van der Waals surface area contributed by atoms with E-state index in [0.717, 1.165) is 25.5 Å². The lowest BCUT2D eigenvalue weighted by atomic mass is 9.98. The SMILES string of the molecule is CCOC(=O)C1CCCN(C(=NC)NCCc2cc(F)cc(F)c2)C1.I. The van der Waals surface area contributed by atoms with E-state index in [1.165, 1.54) is 12.1 Å². The van der Waals surface area contributed by atoms with E-state index in [9.17, 15) is 13.6 Å². The average molecular weight is 481 g/mol. The van der Waals surface area contributed by atoms with Crippen LogP contribution in [0.5, 0.6) is 0 Å². The Labute approximate surface area is 170 Å². The van der Waals surface area contributed by atoms with Crippen molar-refractivity contribution >= 4 is 35.9 Å². The first-order valence-electron chi connectivity index (χ1n) is 8.60. The van der Waals surface area contributed by atoms with E-state index in [2.05, 4.69) is 10.3 Å². The van der Waals surface area contributed by atoms with Crippen molar-refractivity contribution in [3.63, 3.8) is 0 Å². The number of piperidine rings is 1. The zero-order valence-corrected chi connectivity index (χ0v) is 17.5. The third kappa shape index (κ3) is 6.69. The number of benzene rings is 1. The van der Waals surface area contributed by atoms with Gasteiger partial charge in [0, 0.05) is 32.7 Å². The highest BCUT2D eigenvalue weighted by Gasteiger charge is 2.28. The highest BCUT2D eigenvalue weighted by Crippen LogP contribution is 2.18. The molecule has 1 heterocycles. The van der Waals surface area contributed by atoms with E-state index >= 15 is 0 Å². The molecule has 1 atom stereocenters. The van der Waals surface area contributed by atoms with Gasteiger partial charge in [0.15, 0.2) is 5.96 Å². The summed E-state index contributed by atoms with van der Waals surface area (Å²) >= 11 is 0. The maximum Gasteiger partial charge on any atom is 0.310 e. The molecule has 1 aromatic rings. The summed E-state index contributed by atoms with van der Waals surface area (Å²) in [4.78, 5) is 18.2. The van der Waals surface area contributed by atoms with Crippen molar-refractivity contribution in [2.45, 2.75) is 26.2 Å². The molecule has 0 radical (unpaired) electrons. The molecule has 1 aliphatic rings. The van der Waals surface area contributed by atoms with Gasteiger partial charge in [-0.1, -0.05) is 0 Å². The van der Waals surface area contributed by atoms with E-state index < -0.39 is 11.6 Å². The van der Waals surface area contributed by atoms with Crippen molar-refractivity contribution in [1.29, 1.82) is 0 Å². The van der Waals surface area contributed by atoms with Crippen molar-refractivity contribution in [3.8, 4) is 0 Å². The third-order valence-corrected chi connectivity index (χ3v) is 4.17. The fourth-order valence-corrected chi connectivity index (χ4v) is 3.03. The first kappa shape index (κ1) is 22.6. The molecule has 146 valence electrons. The molecule has 26 heavy (non-hydrogen) atoms. The van der Waals surface area contributed by atoms with Crippen molar-refractivity contribution < 1.29 is 18.3 Å². The minimum absolute atomic E-state index is 0. The molecular weight excluding hydrogens is 455 g/mol. The van der Waals surface area contributed by atoms with Crippen LogP contribution < -0.4 is 5.32 Å². The van der Waals surface area contributed by atoms with Crippen LogP contribution in [-0.2, 0) is 16.0 Å². The van der Waals surface area contributed by atoms with Gasteiger partial charge >= 0.3 is 5.97 Å². The molecule has 1 fully saturated rings. The Morgan fingerprint density at radius 3 is 2.65 bits per heavy atom. The molecule has 8 heteroatoms. The lowest BCUT2D eigenvalue weighted by molar-refractivity contribution is -0.149. The molecule has 1 unspecified atom stereocenters. The molecule has 2 rings (SSSR count). The molecule has 0 bridgehead atoms. The number of halogens is 3. The number of rotatable bonds is 5. The van der Waals surface area contributed by atoms with Crippen LogP contribution in [0.1, 0.15) is 25.3 Å². The quantitative estimate of drug-likeness (QED) is 0.304. The second-order valence-corrected chi connectivity index (χ2v) is 6.04. The van der Waals surface area contributed by atoms with Gasteiger partial charge in [-0.3, -0.25) is 9.79 Å². The predicted molar refractivity (Wildman–Crippen MR) is 108 cm³/mol. The van der Waals surface area contributed by atoms with Gasteiger partial charge in [0.25, 0.3) is 0 Å². The maximum absolute atomic E-state index is 13.2. The number of nitrogens with zero attached hydrogens (tertiary/aromatic N) is 2. The summed E-state index contributed by atoms with van der Waals surface area (Å²) in [7, 11) is 1.68. The van der Waals surface area contributed by atoms with Gasteiger partial charge in [-0.25, -0.2) is 8.78 Å². The summed E-state index contributed by atoms with van der Waals surface area (Å²) < 4.78 is 31.5. The van der Waals surface area contributed by atoms with Crippen molar-refractivity contribution in [1.82, 2.24) is 10.2 Å². The van der Waals surface area contributed by atoms with Crippen molar-refractivity contribution in [2.75, 3.05) is 33.3 Å². The third-order valence-electron chi connectivity index (χ3n) is 4.17. The molecule has 1 N–H and O–H groups in total. The number of hydrogen-bond donors (Lipinski definition) is 1. The van der Waals surface area contributed by atoms with Gasteiger partial charge in [-0.05, 0) is 43.9 Å². The van der Waals surface area contributed by atoms with E-state index in [0.29, 0.717) is 37.6 Å². The van der Waals surface area contributed by atoms with Crippen LogP contribution in [0.2, 0.25) is 0 Å². The number of esters is 1. The van der Waals surface area contributed by atoms with Crippen LogP contribution in [0, 0.1) is 17.6 Å². The van der Waals surface area contributed by atoms with Crippen LogP contribution in [0.15, 0.2) is 23.2 Å². The Morgan fingerprint density at radius 1 is 1.35 bits per heavy atom. The largest absolute Gasteiger partial charge is 0.466 e. The molecule has 1 aromatic carbocycles. The van der Waals surface area contributed by atoms with E-state index in [-0.39, 0.29) is 35.9 Å². The van der Waals surface area contributed by atoms with Crippen LogP contribution in [0.4, 0.5) is 8.78 Å². The highest BCUT2D eigenvalue weighted by atomic mass is 127. The number of ether oxygens (including phenoxy) is 1. The minimum Gasteiger partial charge on any atom is -0.466 e. The molecule has 1 saturated heterocycles. The Bertz CT molecular complexity index is 608. The van der Waals surface area contributed by atoms with Gasteiger partial charge in [-0.15, -0.1) is 24.0 Å². The Morgan fingerprint density at radius 2 is 2.04 bits per heavy atom. The zero-order chi connectivity index (χ0) is 18.2. The van der Waals surface area contributed by atoms with Crippen LogP contribution in [0.3, 0.4) is 0 Å². The molecule has 0 amide bonds. The van der Waals surface area contributed by atoms with Crippen LogP contribution in [-0.4, -0.2) is 50.1 Å². The zero-order valence-electron chi connectivity index (χ0n) is 15.1. The molecule has 0 aliphatic carbocycles. The number of carbonyl (C=O) groups excluding carboxylic acids is 1. The average Bonchev–Trinajstić information content (AvgIpc) is 2.58. The number of nitrogens with one attached hydrogen (secondary N) is 1. The van der Waals surface area contributed by atoms with E-state index in [1.807, 2.05) is 4.90 Å². The topological polar surface area (TPSA) is 53.9 Å². The first-order valence-corrected chi connectivity index (χ1v) is 8.60. The predicted octanol–water partition coefficient (Wildman–Crippen LogP) is 2.98. The first-order chi connectivity index (χ1) is 12.0. The molecule has 0 aromatic heterocycles. The van der Waals surface area contributed by atoms with E-state index in [4.69, 9.17) is 4.74 Å². The van der Waals surface area contributed by atoms with Gasteiger partial charge < -0.3 is 15.0 Å². The summed E-state index contributed by atoms with van der Waals surface area (Å²) in [5.41, 5.74) is 0.587. The molecule has 5 nitrogen and oxygen atoms in total. The summed E-state index contributed by atoms with van der Waals surface area (Å²) in [5.74, 6) is -0.784. The van der Waals surface area contributed by atoms with Gasteiger partial charge in [0.05, 0.1) is 12.5 Å². The van der Waals surface area contributed by atoms with Crippen molar-refractivity contribution in [3.05, 3.63) is 35.4 Å².